The van der Waals surface area contributed by atoms with Gasteiger partial charge in [-0.1, -0.05) is 78.9 Å². The average Bonchev–Trinajstić information content (AvgIpc) is 2.63. The smallest absolute Gasteiger partial charge is 0.0664 e. The number of fused-ring (bicyclic) bond motifs is 1. The Morgan fingerprint density at radius 2 is 1.35 bits per heavy atom. The molecule has 0 saturated heterocycles. The van der Waals surface area contributed by atoms with Crippen molar-refractivity contribution in [2.75, 3.05) is 0 Å². The Balaban J connectivity index is 1.96. The van der Waals surface area contributed by atoms with Crippen LogP contribution >= 0.6 is 0 Å². The Morgan fingerprint density at radius 3 is 2.09 bits per heavy atom. The van der Waals surface area contributed by atoms with Crippen molar-refractivity contribution in [3.8, 4) is 0 Å². The predicted molar refractivity (Wildman–Crippen MR) is 96.7 cm³/mol. The van der Waals surface area contributed by atoms with Gasteiger partial charge in [0.1, 0.15) is 0 Å². The van der Waals surface area contributed by atoms with E-state index in [2.05, 4.69) is 98.1 Å². The lowest BCUT2D eigenvalue weighted by molar-refractivity contribution is 0.557. The molecule has 0 aromatic heterocycles. The molecule has 1 nitrogen and oxygen atoms in total. The minimum atomic E-state index is -0.156. The highest BCUT2D eigenvalue weighted by atomic mass is 14.8. The molecule has 1 heteroatoms. The number of para-hydroxylation sites is 1. The predicted octanol–water partition coefficient (Wildman–Crippen LogP) is 5.49. The fraction of sp³-hybridized carbons (Fsp3) is 0.136. The fourth-order valence-electron chi connectivity index (χ4n) is 3.66. The molecule has 1 aliphatic rings. The van der Waals surface area contributed by atoms with Crippen molar-refractivity contribution in [1.29, 1.82) is 0 Å². The van der Waals surface area contributed by atoms with E-state index < -0.39 is 0 Å². The number of benzene rings is 3. The molecule has 0 spiro atoms. The maximum atomic E-state index is 4.77. The largest absolute Gasteiger partial charge is 0.260 e. The molecular weight excluding hydrogens is 278 g/mol. The summed E-state index contributed by atoms with van der Waals surface area (Å²) in [5, 5.41) is 0. The van der Waals surface area contributed by atoms with Gasteiger partial charge >= 0.3 is 0 Å². The van der Waals surface area contributed by atoms with Crippen molar-refractivity contribution in [1.82, 2.24) is 0 Å². The van der Waals surface area contributed by atoms with E-state index in [1.165, 1.54) is 16.7 Å². The molecule has 1 aliphatic heterocycles. The van der Waals surface area contributed by atoms with Crippen molar-refractivity contribution >= 4 is 11.9 Å². The first-order valence-electron chi connectivity index (χ1n) is 8.04. The van der Waals surface area contributed by atoms with E-state index in [1.807, 2.05) is 0 Å². The standard InChI is InChI=1S/C22H19N/c1-22(18-12-6-3-7-13-18)16-23-20-15-9-8-14-19(20)21(22)17-10-4-2-5-11-17/h2-16,21H,1H3. The Bertz CT molecular complexity index is 836. The summed E-state index contributed by atoms with van der Waals surface area (Å²) in [5.74, 6) is 0.264. The second kappa shape index (κ2) is 5.51. The zero-order valence-electron chi connectivity index (χ0n) is 13.2. The Hall–Kier alpha value is -2.67. The second-order valence-corrected chi connectivity index (χ2v) is 6.31. The minimum Gasteiger partial charge on any atom is -0.260 e. The summed E-state index contributed by atoms with van der Waals surface area (Å²) < 4.78 is 0. The first-order valence-corrected chi connectivity index (χ1v) is 8.04. The Kier molecular flexibility index (Phi) is 3.34. The van der Waals surface area contributed by atoms with Gasteiger partial charge in [-0.3, -0.25) is 4.99 Å². The van der Waals surface area contributed by atoms with Crippen LogP contribution in [0.15, 0.2) is 89.9 Å². The van der Waals surface area contributed by atoms with E-state index in [9.17, 15) is 0 Å². The summed E-state index contributed by atoms with van der Waals surface area (Å²) in [5.41, 5.74) is 4.85. The number of nitrogens with zero attached hydrogens (tertiary/aromatic N) is 1. The summed E-state index contributed by atoms with van der Waals surface area (Å²) in [6.45, 7) is 2.29. The molecule has 4 rings (SSSR count). The van der Waals surface area contributed by atoms with Crippen molar-refractivity contribution in [2.24, 2.45) is 4.99 Å². The van der Waals surface area contributed by atoms with Crippen LogP contribution in [-0.4, -0.2) is 6.21 Å². The lowest BCUT2D eigenvalue weighted by Gasteiger charge is -2.39. The van der Waals surface area contributed by atoms with Gasteiger partial charge < -0.3 is 0 Å². The van der Waals surface area contributed by atoms with Gasteiger partial charge in [-0.25, -0.2) is 0 Å². The number of rotatable bonds is 2. The van der Waals surface area contributed by atoms with Gasteiger partial charge in [0.25, 0.3) is 0 Å². The van der Waals surface area contributed by atoms with Crippen LogP contribution in [0.25, 0.3) is 0 Å². The average molecular weight is 297 g/mol. The maximum absolute atomic E-state index is 4.77. The number of aliphatic imine (C=N–C) groups is 1. The lowest BCUT2D eigenvalue weighted by atomic mass is 9.65. The fourth-order valence-corrected chi connectivity index (χ4v) is 3.66. The zero-order valence-corrected chi connectivity index (χ0v) is 13.2. The summed E-state index contributed by atoms with van der Waals surface area (Å²) in [6, 6.07) is 29.9. The van der Waals surface area contributed by atoms with E-state index >= 15 is 0 Å². The molecule has 0 saturated carbocycles. The topological polar surface area (TPSA) is 12.4 Å². The summed E-state index contributed by atoms with van der Waals surface area (Å²) >= 11 is 0. The van der Waals surface area contributed by atoms with Crippen molar-refractivity contribution in [2.45, 2.75) is 18.3 Å². The highest BCUT2D eigenvalue weighted by Crippen LogP contribution is 2.48. The van der Waals surface area contributed by atoms with Gasteiger partial charge in [0.05, 0.1) is 5.69 Å². The van der Waals surface area contributed by atoms with Crippen molar-refractivity contribution < 1.29 is 0 Å². The monoisotopic (exact) mass is 297 g/mol. The van der Waals surface area contributed by atoms with Gasteiger partial charge in [0.2, 0.25) is 0 Å². The van der Waals surface area contributed by atoms with Gasteiger partial charge in [-0.05, 0) is 29.7 Å². The molecular formula is C22H19N. The first-order chi connectivity index (χ1) is 11.3. The van der Waals surface area contributed by atoms with Crippen LogP contribution in [0.5, 0.6) is 0 Å². The maximum Gasteiger partial charge on any atom is 0.0664 e. The number of hydrogen-bond acceptors (Lipinski definition) is 1. The Labute approximate surface area is 137 Å². The summed E-state index contributed by atoms with van der Waals surface area (Å²) in [7, 11) is 0. The molecule has 0 amide bonds. The minimum absolute atomic E-state index is 0.156. The SMILES string of the molecule is CC1(c2ccccc2)C=Nc2ccccc2C1c1ccccc1. The lowest BCUT2D eigenvalue weighted by Crippen LogP contribution is -2.35. The molecule has 23 heavy (non-hydrogen) atoms. The number of hydrogen-bond donors (Lipinski definition) is 0. The normalized spacial score (nSPS) is 22.6. The quantitative estimate of drug-likeness (QED) is 0.593. The second-order valence-electron chi connectivity index (χ2n) is 6.31. The third-order valence-electron chi connectivity index (χ3n) is 4.85. The molecule has 0 bridgehead atoms. The van der Waals surface area contributed by atoms with Crippen molar-refractivity contribution in [3.05, 3.63) is 102 Å². The van der Waals surface area contributed by atoms with Crippen LogP contribution in [0.1, 0.15) is 29.5 Å². The van der Waals surface area contributed by atoms with Crippen LogP contribution in [0, 0.1) is 0 Å². The molecule has 0 fully saturated rings. The van der Waals surface area contributed by atoms with Gasteiger partial charge in [0, 0.05) is 17.5 Å². The van der Waals surface area contributed by atoms with E-state index in [0.29, 0.717) is 0 Å². The van der Waals surface area contributed by atoms with Crippen LogP contribution in [0.4, 0.5) is 5.69 Å². The summed E-state index contributed by atoms with van der Waals surface area (Å²) in [4.78, 5) is 4.77. The first kappa shape index (κ1) is 14.0. The third-order valence-corrected chi connectivity index (χ3v) is 4.85. The van der Waals surface area contributed by atoms with Gasteiger partial charge in [-0.15, -0.1) is 0 Å². The van der Waals surface area contributed by atoms with Crippen LogP contribution in [-0.2, 0) is 5.41 Å². The molecule has 1 heterocycles. The zero-order chi connectivity index (χ0) is 15.7. The summed E-state index contributed by atoms with van der Waals surface area (Å²) in [6.07, 6.45) is 2.13. The Morgan fingerprint density at radius 1 is 0.739 bits per heavy atom. The molecule has 3 aromatic rings. The van der Waals surface area contributed by atoms with Crippen molar-refractivity contribution in [3.63, 3.8) is 0 Å². The van der Waals surface area contributed by atoms with Gasteiger partial charge in [-0.2, -0.15) is 0 Å². The molecule has 0 aliphatic carbocycles. The van der Waals surface area contributed by atoms with Crippen LogP contribution in [0.2, 0.25) is 0 Å². The van der Waals surface area contributed by atoms with E-state index in [-0.39, 0.29) is 11.3 Å². The molecule has 0 N–H and O–H groups in total. The molecule has 0 radical (unpaired) electrons. The van der Waals surface area contributed by atoms with Gasteiger partial charge in [0.15, 0.2) is 0 Å². The highest BCUT2D eigenvalue weighted by molar-refractivity contribution is 5.83. The van der Waals surface area contributed by atoms with E-state index in [1.54, 1.807) is 0 Å². The molecule has 112 valence electrons. The molecule has 3 aromatic carbocycles. The van der Waals surface area contributed by atoms with Crippen LogP contribution in [0.3, 0.4) is 0 Å². The molecule has 2 unspecified atom stereocenters. The third kappa shape index (κ3) is 2.29. The van der Waals surface area contributed by atoms with Crippen LogP contribution < -0.4 is 0 Å². The highest BCUT2D eigenvalue weighted by Gasteiger charge is 2.39. The van der Waals surface area contributed by atoms with E-state index in [0.717, 1.165) is 5.69 Å². The molecule has 2 atom stereocenters. The van der Waals surface area contributed by atoms with E-state index in [4.69, 9.17) is 4.99 Å².